The summed E-state index contributed by atoms with van der Waals surface area (Å²) in [5.41, 5.74) is 0.526. The first-order valence-corrected chi connectivity index (χ1v) is 13.4. The number of hydrogen-bond donors (Lipinski definition) is 11. The summed E-state index contributed by atoms with van der Waals surface area (Å²) in [7, 11) is 0. The summed E-state index contributed by atoms with van der Waals surface area (Å²) in [6, 6.07) is 6.19. The van der Waals surface area contributed by atoms with Crippen LogP contribution in [0.25, 0.3) is 0 Å². The molecule has 0 aromatic heterocycles. The third-order valence-electron chi connectivity index (χ3n) is 7.76. The van der Waals surface area contributed by atoms with E-state index in [1.807, 2.05) is 0 Å². The van der Waals surface area contributed by atoms with Gasteiger partial charge in [-0.15, -0.1) is 0 Å². The number of phenolic OH excluding ortho intramolecular Hbond substituents is 4. The summed E-state index contributed by atoms with van der Waals surface area (Å²) in [4.78, 5) is 0. The summed E-state index contributed by atoms with van der Waals surface area (Å²) in [6.45, 7) is -1.52. The molecule has 0 spiro atoms. The van der Waals surface area contributed by atoms with E-state index in [2.05, 4.69) is 0 Å². The summed E-state index contributed by atoms with van der Waals surface area (Å²) in [6.07, 6.45) is -18.8. The number of phenols is 4. The number of aliphatic hydroxyl groups excluding tert-OH is 7. The second kappa shape index (κ2) is 12.5. The van der Waals surface area contributed by atoms with Crippen LogP contribution in [0.4, 0.5) is 0 Å². The van der Waals surface area contributed by atoms with E-state index in [1.165, 1.54) is 24.3 Å². The summed E-state index contributed by atoms with van der Waals surface area (Å²) in [5, 5.41) is 112. The summed E-state index contributed by atoms with van der Waals surface area (Å²) >= 11 is 0. The first-order valence-electron chi connectivity index (χ1n) is 13.4. The number of ether oxygens (including phenoxy) is 5. The van der Waals surface area contributed by atoms with E-state index in [1.54, 1.807) is 0 Å². The zero-order valence-corrected chi connectivity index (χ0v) is 22.4. The van der Waals surface area contributed by atoms with Crippen molar-refractivity contribution in [1.29, 1.82) is 0 Å². The topological polar surface area (TPSA) is 269 Å². The lowest BCUT2D eigenvalue weighted by atomic mass is 9.93. The van der Waals surface area contributed by atoms with Gasteiger partial charge in [0.05, 0.1) is 13.2 Å². The fraction of sp³-hybridized carbons (Fsp3) is 0.556. The predicted molar refractivity (Wildman–Crippen MR) is 138 cm³/mol. The molecule has 3 aliphatic heterocycles. The van der Waals surface area contributed by atoms with Crippen LogP contribution in [0.2, 0.25) is 0 Å². The molecule has 0 bridgehead atoms. The molecule has 0 saturated carbocycles. The number of aliphatic hydroxyl groups is 7. The van der Waals surface area contributed by atoms with Crippen molar-refractivity contribution < 1.29 is 79.9 Å². The first kappa shape index (κ1) is 31.4. The van der Waals surface area contributed by atoms with Crippen LogP contribution in [0, 0.1) is 0 Å². The lowest BCUT2D eigenvalue weighted by Crippen LogP contribution is -2.65. The highest BCUT2D eigenvalue weighted by Crippen LogP contribution is 2.44. The molecule has 3 heterocycles. The van der Waals surface area contributed by atoms with Crippen molar-refractivity contribution in [2.45, 2.75) is 80.0 Å². The van der Waals surface area contributed by atoms with Crippen molar-refractivity contribution in [2.75, 3.05) is 13.2 Å². The molecule has 5 rings (SSSR count). The van der Waals surface area contributed by atoms with Gasteiger partial charge in [-0.3, -0.25) is 0 Å². The lowest BCUT2D eigenvalue weighted by Gasteiger charge is -2.47. The number of fused-ring (bicyclic) bond motifs is 1. The van der Waals surface area contributed by atoms with Crippen molar-refractivity contribution in [2.24, 2.45) is 0 Å². The molecule has 16 heteroatoms. The SMILES string of the molecule is OC[C@@H]1O[C@@H](O[C@@H]2[C@@H](O)[C@H](O)[C@H](O[C@H]3Cc4c(O)cc(O)cc4O[C@@H]3c3ccc(O)c(O)c3)O[C@H]2CO)[C@@H](O)[C@H](O)[C@H]1O. The molecule has 12 atom stereocenters. The Bertz CT molecular complexity index is 1270. The lowest BCUT2D eigenvalue weighted by molar-refractivity contribution is -0.364. The van der Waals surface area contributed by atoms with Gasteiger partial charge >= 0.3 is 0 Å². The Morgan fingerprint density at radius 3 is 2.00 bits per heavy atom. The van der Waals surface area contributed by atoms with Gasteiger partial charge in [0.2, 0.25) is 0 Å². The predicted octanol–water partition coefficient (Wildman–Crippen LogP) is -2.81. The molecule has 238 valence electrons. The van der Waals surface area contributed by atoms with Crippen molar-refractivity contribution in [1.82, 2.24) is 0 Å². The van der Waals surface area contributed by atoms with Crippen molar-refractivity contribution >= 4 is 0 Å². The maximum Gasteiger partial charge on any atom is 0.187 e. The van der Waals surface area contributed by atoms with E-state index in [4.69, 9.17) is 23.7 Å². The van der Waals surface area contributed by atoms with E-state index < -0.39 is 98.3 Å². The smallest absolute Gasteiger partial charge is 0.187 e. The molecule has 16 nitrogen and oxygen atoms in total. The Morgan fingerprint density at radius 1 is 0.674 bits per heavy atom. The van der Waals surface area contributed by atoms with E-state index in [0.717, 1.165) is 6.07 Å². The molecule has 2 aromatic rings. The van der Waals surface area contributed by atoms with E-state index in [-0.39, 0.29) is 29.2 Å². The molecule has 2 saturated heterocycles. The minimum Gasteiger partial charge on any atom is -0.508 e. The highest BCUT2D eigenvalue weighted by Gasteiger charge is 2.51. The van der Waals surface area contributed by atoms with Gasteiger partial charge in [-0.2, -0.15) is 0 Å². The Kier molecular flexibility index (Phi) is 9.17. The van der Waals surface area contributed by atoms with E-state index in [0.29, 0.717) is 5.56 Å². The maximum atomic E-state index is 11.0. The van der Waals surface area contributed by atoms with Crippen molar-refractivity contribution in [3.8, 4) is 28.7 Å². The van der Waals surface area contributed by atoms with Crippen LogP contribution in [0.1, 0.15) is 17.2 Å². The zero-order chi connectivity index (χ0) is 31.2. The Morgan fingerprint density at radius 2 is 1.33 bits per heavy atom. The third kappa shape index (κ3) is 6.04. The zero-order valence-electron chi connectivity index (χ0n) is 22.4. The Balaban J connectivity index is 1.38. The van der Waals surface area contributed by atoms with Crippen LogP contribution in [0.3, 0.4) is 0 Å². The molecule has 43 heavy (non-hydrogen) atoms. The first-order chi connectivity index (χ1) is 20.4. The molecule has 0 aliphatic carbocycles. The van der Waals surface area contributed by atoms with Gasteiger partial charge in [-0.25, -0.2) is 0 Å². The normalized spacial score (nSPS) is 37.8. The molecular formula is C27H34O16. The number of aromatic hydroxyl groups is 4. The second-order valence-corrected chi connectivity index (χ2v) is 10.6. The van der Waals surface area contributed by atoms with Crippen LogP contribution < -0.4 is 4.74 Å². The van der Waals surface area contributed by atoms with E-state index >= 15 is 0 Å². The van der Waals surface area contributed by atoms with Crippen LogP contribution in [-0.4, -0.2) is 137 Å². The molecule has 0 amide bonds. The molecule has 0 radical (unpaired) electrons. The highest BCUT2D eigenvalue weighted by atomic mass is 16.7. The fourth-order valence-corrected chi connectivity index (χ4v) is 5.41. The van der Waals surface area contributed by atoms with Gasteiger partial charge in [-0.1, -0.05) is 6.07 Å². The highest BCUT2D eigenvalue weighted by molar-refractivity contribution is 5.52. The van der Waals surface area contributed by atoms with Gasteiger partial charge < -0.3 is 79.9 Å². The minimum absolute atomic E-state index is 0.0784. The fourth-order valence-electron chi connectivity index (χ4n) is 5.41. The second-order valence-electron chi connectivity index (χ2n) is 10.6. The quantitative estimate of drug-likeness (QED) is 0.141. The van der Waals surface area contributed by atoms with Crippen molar-refractivity contribution in [3.05, 3.63) is 41.5 Å². The summed E-state index contributed by atoms with van der Waals surface area (Å²) in [5.74, 6) is -1.38. The molecule has 2 aromatic carbocycles. The standard InChI is InChI=1S/C27H34O16/c28-7-17-19(34)20(35)22(37)27(41-17)43-25-18(8-29)42-26(23(38)21(25)36)40-16-6-11-13(32)4-10(30)5-15(11)39-24(16)9-1-2-12(31)14(33)3-9/h1-5,16-38H,6-8H2/t16-,17-,18-,19-,20+,21-,22-,23-,24+,25-,26+,27-/m0/s1. The van der Waals surface area contributed by atoms with Crippen LogP contribution >= 0.6 is 0 Å². The van der Waals surface area contributed by atoms with E-state index in [9.17, 15) is 56.2 Å². The van der Waals surface area contributed by atoms with Gasteiger partial charge in [0, 0.05) is 24.1 Å². The monoisotopic (exact) mass is 614 g/mol. The van der Waals surface area contributed by atoms with Crippen LogP contribution in [0.15, 0.2) is 30.3 Å². The maximum absolute atomic E-state index is 11.0. The van der Waals surface area contributed by atoms with Gasteiger partial charge in [-0.05, 0) is 17.7 Å². The van der Waals surface area contributed by atoms with Crippen LogP contribution in [0.5, 0.6) is 28.7 Å². The number of benzene rings is 2. The van der Waals surface area contributed by atoms with Gasteiger partial charge in [0.1, 0.15) is 72.2 Å². The molecule has 3 aliphatic rings. The third-order valence-corrected chi connectivity index (χ3v) is 7.76. The Hall–Kier alpha value is -3.00. The van der Waals surface area contributed by atoms with Gasteiger partial charge in [0.25, 0.3) is 0 Å². The largest absolute Gasteiger partial charge is 0.508 e. The molecule has 2 fully saturated rings. The number of rotatable bonds is 7. The van der Waals surface area contributed by atoms with Gasteiger partial charge in [0.15, 0.2) is 30.2 Å². The summed E-state index contributed by atoms with van der Waals surface area (Å²) < 4.78 is 28.6. The average Bonchev–Trinajstić information content (AvgIpc) is 2.98. The molecule has 11 N–H and O–H groups in total. The van der Waals surface area contributed by atoms with Crippen LogP contribution in [-0.2, 0) is 25.4 Å². The number of hydrogen-bond acceptors (Lipinski definition) is 16. The Labute approximate surface area is 243 Å². The van der Waals surface area contributed by atoms with Crippen molar-refractivity contribution in [3.63, 3.8) is 0 Å². The minimum atomic E-state index is -1.85. The average molecular weight is 615 g/mol. The molecular weight excluding hydrogens is 580 g/mol. The molecule has 0 unspecified atom stereocenters.